The summed E-state index contributed by atoms with van der Waals surface area (Å²) in [4.78, 5) is 15.9. The first kappa shape index (κ1) is 15.7. The molecule has 0 fully saturated rings. The van der Waals surface area contributed by atoms with E-state index in [9.17, 15) is 9.18 Å². The molecule has 0 saturated heterocycles. The highest BCUT2D eigenvalue weighted by atomic mass is 19.1. The van der Waals surface area contributed by atoms with Gasteiger partial charge in [-0.3, -0.25) is 10.1 Å². The second-order valence-corrected chi connectivity index (χ2v) is 5.08. The lowest BCUT2D eigenvalue weighted by molar-refractivity contribution is -0.118. The number of aromatic nitrogens is 2. The van der Waals surface area contributed by atoms with E-state index in [1.807, 2.05) is 19.1 Å². The Morgan fingerprint density at radius 3 is 2.58 bits per heavy atom. The van der Waals surface area contributed by atoms with Crippen LogP contribution in [0.1, 0.15) is 5.56 Å². The average Bonchev–Trinajstić information content (AvgIpc) is 3.03. The predicted molar refractivity (Wildman–Crippen MR) is 85.0 cm³/mol. The zero-order valence-corrected chi connectivity index (χ0v) is 12.8. The number of aryl methyl sites for hydroxylation is 1. The number of carbonyl (C=O) groups excluding carboxylic acids is 1. The molecule has 0 spiro atoms. The van der Waals surface area contributed by atoms with Crippen molar-refractivity contribution < 1.29 is 18.4 Å². The van der Waals surface area contributed by atoms with Crippen LogP contribution in [-0.2, 0) is 4.79 Å². The fourth-order valence-electron chi connectivity index (χ4n) is 1.93. The Bertz CT molecular complexity index is 829. The van der Waals surface area contributed by atoms with Crippen LogP contribution in [0.3, 0.4) is 0 Å². The van der Waals surface area contributed by atoms with Crippen molar-refractivity contribution in [2.75, 3.05) is 11.9 Å². The molecule has 0 atom stereocenters. The maximum Gasteiger partial charge on any atom is 0.270 e. The average molecular weight is 327 g/mol. The summed E-state index contributed by atoms with van der Waals surface area (Å²) in [5, 5.41) is 6.13. The number of hydrogen-bond donors (Lipinski definition) is 1. The van der Waals surface area contributed by atoms with Crippen LogP contribution in [0, 0.1) is 12.7 Å². The zero-order chi connectivity index (χ0) is 16.9. The van der Waals surface area contributed by atoms with Gasteiger partial charge in [-0.05, 0) is 48.5 Å². The molecule has 24 heavy (non-hydrogen) atoms. The highest BCUT2D eigenvalue weighted by molar-refractivity contribution is 5.90. The molecule has 3 aromatic rings. The molecule has 1 N–H and O–H groups in total. The predicted octanol–water partition coefficient (Wildman–Crippen LogP) is 3.20. The molecule has 1 amide bonds. The second-order valence-electron chi connectivity index (χ2n) is 5.08. The van der Waals surface area contributed by atoms with Crippen molar-refractivity contribution in [3.63, 3.8) is 0 Å². The molecule has 0 aliphatic heterocycles. The minimum atomic E-state index is -0.415. The van der Waals surface area contributed by atoms with Gasteiger partial charge in [-0.1, -0.05) is 17.7 Å². The summed E-state index contributed by atoms with van der Waals surface area (Å²) in [6.45, 7) is 1.79. The molecule has 0 aliphatic carbocycles. The van der Waals surface area contributed by atoms with E-state index in [0.29, 0.717) is 11.3 Å². The largest absolute Gasteiger partial charge is 0.484 e. The van der Waals surface area contributed by atoms with Crippen molar-refractivity contribution in [3.05, 3.63) is 59.9 Å². The van der Waals surface area contributed by atoms with E-state index in [2.05, 4.69) is 15.5 Å². The van der Waals surface area contributed by atoms with Crippen LogP contribution in [0.15, 0.2) is 53.1 Å². The molecule has 3 rings (SSSR count). The first-order chi connectivity index (χ1) is 11.6. The minimum absolute atomic E-state index is 0.0202. The number of anilines is 1. The summed E-state index contributed by atoms with van der Waals surface area (Å²) in [6, 6.07) is 12.9. The number of ether oxygens (including phenoxy) is 1. The Hall–Kier alpha value is -3.22. The van der Waals surface area contributed by atoms with E-state index in [1.54, 1.807) is 12.1 Å². The van der Waals surface area contributed by atoms with Crippen LogP contribution in [0.2, 0.25) is 0 Å². The van der Waals surface area contributed by atoms with Gasteiger partial charge in [-0.2, -0.15) is 4.98 Å². The van der Waals surface area contributed by atoms with E-state index >= 15 is 0 Å². The third kappa shape index (κ3) is 3.95. The molecule has 1 heterocycles. The fraction of sp³-hybridized carbons (Fsp3) is 0.118. The van der Waals surface area contributed by atoms with Gasteiger partial charge >= 0.3 is 0 Å². The van der Waals surface area contributed by atoms with Gasteiger partial charge in [0.1, 0.15) is 11.6 Å². The summed E-state index contributed by atoms with van der Waals surface area (Å²) in [5.74, 6) is 0.0227. The second kappa shape index (κ2) is 6.91. The van der Waals surface area contributed by atoms with E-state index in [4.69, 9.17) is 9.26 Å². The van der Waals surface area contributed by atoms with Crippen LogP contribution < -0.4 is 10.1 Å². The molecular formula is C17H14FN3O3. The van der Waals surface area contributed by atoms with Crippen molar-refractivity contribution in [3.8, 4) is 17.2 Å². The number of nitrogens with one attached hydrogen (secondary N) is 1. The van der Waals surface area contributed by atoms with Crippen LogP contribution >= 0.6 is 0 Å². The quantitative estimate of drug-likeness (QED) is 0.778. The summed E-state index contributed by atoms with van der Waals surface area (Å²) in [5.41, 5.74) is 1.66. The Kier molecular flexibility index (Phi) is 4.51. The van der Waals surface area contributed by atoms with Crippen molar-refractivity contribution in [2.24, 2.45) is 0 Å². The van der Waals surface area contributed by atoms with Crippen molar-refractivity contribution in [2.45, 2.75) is 6.92 Å². The lowest BCUT2D eigenvalue weighted by atomic mass is 10.2. The number of benzene rings is 2. The molecule has 0 saturated carbocycles. The van der Waals surface area contributed by atoms with Gasteiger partial charge in [-0.15, -0.1) is 0 Å². The van der Waals surface area contributed by atoms with Crippen LogP contribution in [-0.4, -0.2) is 22.7 Å². The molecule has 1 aromatic heterocycles. The molecule has 6 nitrogen and oxygen atoms in total. The minimum Gasteiger partial charge on any atom is -0.484 e. The van der Waals surface area contributed by atoms with Gasteiger partial charge < -0.3 is 9.26 Å². The third-order valence-corrected chi connectivity index (χ3v) is 3.16. The third-order valence-electron chi connectivity index (χ3n) is 3.16. The maximum atomic E-state index is 12.9. The van der Waals surface area contributed by atoms with Crippen molar-refractivity contribution in [1.29, 1.82) is 0 Å². The van der Waals surface area contributed by atoms with Crippen LogP contribution in [0.25, 0.3) is 11.5 Å². The lowest BCUT2D eigenvalue weighted by Crippen LogP contribution is -2.20. The van der Waals surface area contributed by atoms with Gasteiger partial charge in [0.15, 0.2) is 6.61 Å². The SMILES string of the molecule is Cc1ccc(OCC(=O)Nc2noc(-c3ccc(F)cc3)n2)cc1. The molecule has 7 heteroatoms. The number of rotatable bonds is 5. The number of hydrogen-bond acceptors (Lipinski definition) is 5. The highest BCUT2D eigenvalue weighted by Crippen LogP contribution is 2.18. The van der Waals surface area contributed by atoms with E-state index in [1.165, 1.54) is 24.3 Å². The Morgan fingerprint density at radius 1 is 1.17 bits per heavy atom. The van der Waals surface area contributed by atoms with E-state index in [-0.39, 0.29) is 24.3 Å². The Morgan fingerprint density at radius 2 is 1.88 bits per heavy atom. The molecule has 0 aliphatic rings. The highest BCUT2D eigenvalue weighted by Gasteiger charge is 2.12. The molecular weight excluding hydrogens is 313 g/mol. The Balaban J connectivity index is 1.57. The summed E-state index contributed by atoms with van der Waals surface area (Å²) < 4.78 is 23.3. The smallest absolute Gasteiger partial charge is 0.270 e. The normalized spacial score (nSPS) is 10.4. The molecule has 0 bridgehead atoms. The van der Waals surface area contributed by atoms with Gasteiger partial charge in [0, 0.05) is 5.56 Å². The summed E-state index contributed by atoms with van der Waals surface area (Å²) in [6.07, 6.45) is 0. The first-order valence-electron chi connectivity index (χ1n) is 7.19. The fourth-order valence-corrected chi connectivity index (χ4v) is 1.93. The molecule has 122 valence electrons. The monoisotopic (exact) mass is 327 g/mol. The summed E-state index contributed by atoms with van der Waals surface area (Å²) >= 11 is 0. The molecule has 0 radical (unpaired) electrons. The van der Waals surface area contributed by atoms with Gasteiger partial charge in [0.2, 0.25) is 0 Å². The maximum absolute atomic E-state index is 12.9. The van der Waals surface area contributed by atoms with Crippen molar-refractivity contribution >= 4 is 11.9 Å². The van der Waals surface area contributed by atoms with Crippen LogP contribution in [0.5, 0.6) is 5.75 Å². The lowest BCUT2D eigenvalue weighted by Gasteiger charge is -2.05. The van der Waals surface area contributed by atoms with Crippen molar-refractivity contribution in [1.82, 2.24) is 10.1 Å². The molecule has 0 unspecified atom stereocenters. The van der Waals surface area contributed by atoms with Gasteiger partial charge in [0.05, 0.1) is 0 Å². The molecule has 2 aromatic carbocycles. The first-order valence-corrected chi connectivity index (χ1v) is 7.19. The van der Waals surface area contributed by atoms with Gasteiger partial charge in [-0.25, -0.2) is 4.39 Å². The summed E-state index contributed by atoms with van der Waals surface area (Å²) in [7, 11) is 0. The van der Waals surface area contributed by atoms with E-state index < -0.39 is 5.91 Å². The number of carbonyl (C=O) groups is 1. The standard InChI is InChI=1S/C17H14FN3O3/c1-11-2-8-14(9-3-11)23-10-15(22)19-17-20-16(24-21-17)12-4-6-13(18)7-5-12/h2-9H,10H2,1H3,(H,19,21,22). The van der Waals surface area contributed by atoms with Gasteiger partial charge in [0.25, 0.3) is 17.7 Å². The topological polar surface area (TPSA) is 77.2 Å². The van der Waals surface area contributed by atoms with Crippen LogP contribution in [0.4, 0.5) is 10.3 Å². The van der Waals surface area contributed by atoms with E-state index in [0.717, 1.165) is 5.56 Å². The number of halogens is 1. The number of nitrogens with zero attached hydrogens (tertiary/aromatic N) is 2. The Labute approximate surface area is 137 Å². The zero-order valence-electron chi connectivity index (χ0n) is 12.8. The number of amides is 1.